The maximum atomic E-state index is 11.7. The van der Waals surface area contributed by atoms with Crippen LogP contribution in [0.5, 0.6) is 0 Å². The standard InChI is InChI=1S/C15H22N4O/c1-16-15(17-2)18-10-12-6-3-4-7-13(12)11-19-9-5-8-14(19)20/h3-4,6-7H,5,8-11H2,1-2H3,(H2,16,17,18). The molecule has 1 amide bonds. The van der Waals surface area contributed by atoms with Gasteiger partial charge in [0.25, 0.3) is 0 Å². The van der Waals surface area contributed by atoms with Crippen molar-refractivity contribution < 1.29 is 4.79 Å². The smallest absolute Gasteiger partial charge is 0.222 e. The molecule has 1 aliphatic rings. The summed E-state index contributed by atoms with van der Waals surface area (Å²) in [6, 6.07) is 8.22. The van der Waals surface area contributed by atoms with Crippen LogP contribution in [0.2, 0.25) is 0 Å². The third-order valence-electron chi connectivity index (χ3n) is 3.56. The van der Waals surface area contributed by atoms with Crippen LogP contribution in [0.3, 0.4) is 0 Å². The minimum atomic E-state index is 0.263. The number of aliphatic imine (C=N–C) groups is 1. The molecule has 0 bridgehead atoms. The minimum absolute atomic E-state index is 0.263. The Hall–Kier alpha value is -2.04. The van der Waals surface area contributed by atoms with Crippen LogP contribution in [-0.2, 0) is 17.9 Å². The van der Waals surface area contributed by atoms with E-state index in [0.29, 0.717) is 19.5 Å². The summed E-state index contributed by atoms with van der Waals surface area (Å²) < 4.78 is 0. The molecule has 2 rings (SSSR count). The number of carbonyl (C=O) groups is 1. The second-order valence-corrected chi connectivity index (χ2v) is 4.86. The molecule has 1 aliphatic heterocycles. The normalized spacial score (nSPS) is 15.6. The molecule has 0 radical (unpaired) electrons. The molecule has 1 aromatic carbocycles. The van der Waals surface area contributed by atoms with Crippen molar-refractivity contribution in [1.82, 2.24) is 15.5 Å². The highest BCUT2D eigenvalue weighted by molar-refractivity contribution is 5.79. The lowest BCUT2D eigenvalue weighted by molar-refractivity contribution is -0.128. The van der Waals surface area contributed by atoms with Crippen molar-refractivity contribution >= 4 is 11.9 Å². The number of amides is 1. The molecule has 5 nitrogen and oxygen atoms in total. The summed E-state index contributed by atoms with van der Waals surface area (Å²) in [5, 5.41) is 6.24. The van der Waals surface area contributed by atoms with Crippen LogP contribution >= 0.6 is 0 Å². The van der Waals surface area contributed by atoms with Crippen molar-refractivity contribution in [2.45, 2.75) is 25.9 Å². The van der Waals surface area contributed by atoms with Crippen molar-refractivity contribution in [3.8, 4) is 0 Å². The maximum absolute atomic E-state index is 11.7. The zero-order chi connectivity index (χ0) is 14.4. The fourth-order valence-corrected chi connectivity index (χ4v) is 2.42. The van der Waals surface area contributed by atoms with Gasteiger partial charge in [-0.3, -0.25) is 9.79 Å². The van der Waals surface area contributed by atoms with Crippen molar-refractivity contribution in [3.05, 3.63) is 35.4 Å². The number of nitrogens with zero attached hydrogens (tertiary/aromatic N) is 2. The Kier molecular flexibility index (Phi) is 4.98. The van der Waals surface area contributed by atoms with E-state index in [2.05, 4.69) is 27.8 Å². The zero-order valence-corrected chi connectivity index (χ0v) is 12.1. The van der Waals surface area contributed by atoms with E-state index in [9.17, 15) is 4.79 Å². The van der Waals surface area contributed by atoms with E-state index in [4.69, 9.17) is 0 Å². The highest BCUT2D eigenvalue weighted by atomic mass is 16.2. The van der Waals surface area contributed by atoms with Gasteiger partial charge in [0, 0.05) is 40.2 Å². The van der Waals surface area contributed by atoms with Gasteiger partial charge in [-0.2, -0.15) is 0 Å². The first-order valence-electron chi connectivity index (χ1n) is 6.97. The molecule has 2 N–H and O–H groups in total. The van der Waals surface area contributed by atoms with Gasteiger partial charge in [-0.25, -0.2) is 0 Å². The SMILES string of the molecule is CN=C(NC)NCc1ccccc1CN1CCCC1=O. The first-order valence-corrected chi connectivity index (χ1v) is 6.97. The molecule has 20 heavy (non-hydrogen) atoms. The van der Waals surface area contributed by atoms with E-state index in [1.165, 1.54) is 11.1 Å². The Labute approximate surface area is 120 Å². The molecule has 0 spiro atoms. The van der Waals surface area contributed by atoms with Crippen LogP contribution < -0.4 is 10.6 Å². The van der Waals surface area contributed by atoms with Gasteiger partial charge in [-0.1, -0.05) is 24.3 Å². The van der Waals surface area contributed by atoms with E-state index in [0.717, 1.165) is 18.9 Å². The van der Waals surface area contributed by atoms with Crippen LogP contribution in [0, 0.1) is 0 Å². The molecule has 108 valence electrons. The third-order valence-corrected chi connectivity index (χ3v) is 3.56. The average molecular weight is 274 g/mol. The number of rotatable bonds is 4. The van der Waals surface area contributed by atoms with Gasteiger partial charge >= 0.3 is 0 Å². The van der Waals surface area contributed by atoms with Crippen LogP contribution in [0.1, 0.15) is 24.0 Å². The van der Waals surface area contributed by atoms with Gasteiger partial charge in [0.1, 0.15) is 0 Å². The Bertz CT molecular complexity index is 498. The first-order chi connectivity index (χ1) is 9.74. The molecule has 1 saturated heterocycles. The van der Waals surface area contributed by atoms with Crippen molar-refractivity contribution in [3.63, 3.8) is 0 Å². The van der Waals surface area contributed by atoms with Gasteiger partial charge in [-0.05, 0) is 17.5 Å². The lowest BCUT2D eigenvalue weighted by atomic mass is 10.1. The molecule has 0 unspecified atom stereocenters. The summed E-state index contributed by atoms with van der Waals surface area (Å²) in [6.45, 7) is 2.28. The van der Waals surface area contributed by atoms with Crippen LogP contribution in [0.25, 0.3) is 0 Å². The zero-order valence-electron chi connectivity index (χ0n) is 12.1. The number of carbonyl (C=O) groups excluding carboxylic acids is 1. The molecule has 1 heterocycles. The predicted octanol–water partition coefficient (Wildman–Crippen LogP) is 1.10. The summed E-state index contributed by atoms with van der Waals surface area (Å²) in [5.41, 5.74) is 2.39. The molecular weight excluding hydrogens is 252 g/mol. The predicted molar refractivity (Wildman–Crippen MR) is 80.4 cm³/mol. The van der Waals surface area contributed by atoms with E-state index >= 15 is 0 Å². The van der Waals surface area contributed by atoms with Crippen LogP contribution in [0.4, 0.5) is 0 Å². The fraction of sp³-hybridized carbons (Fsp3) is 0.467. The van der Waals surface area contributed by atoms with E-state index in [1.54, 1.807) is 7.05 Å². The molecule has 1 fully saturated rings. The summed E-state index contributed by atoms with van der Waals surface area (Å²) in [6.07, 6.45) is 1.67. The van der Waals surface area contributed by atoms with Gasteiger partial charge in [0.2, 0.25) is 5.91 Å². The number of guanidine groups is 1. The molecule has 0 atom stereocenters. The van der Waals surface area contributed by atoms with Crippen LogP contribution in [-0.4, -0.2) is 37.4 Å². The quantitative estimate of drug-likeness (QED) is 0.638. The summed E-state index contributed by atoms with van der Waals surface area (Å²) >= 11 is 0. The summed E-state index contributed by atoms with van der Waals surface area (Å²) in [5.74, 6) is 1.02. The monoisotopic (exact) mass is 274 g/mol. The Morgan fingerprint density at radius 3 is 2.70 bits per heavy atom. The number of hydrogen-bond acceptors (Lipinski definition) is 2. The Morgan fingerprint density at radius 1 is 1.35 bits per heavy atom. The number of likely N-dealkylation sites (tertiary alicyclic amines) is 1. The van der Waals surface area contributed by atoms with Gasteiger partial charge < -0.3 is 15.5 Å². The fourth-order valence-electron chi connectivity index (χ4n) is 2.42. The Morgan fingerprint density at radius 2 is 2.10 bits per heavy atom. The number of benzene rings is 1. The summed E-state index contributed by atoms with van der Waals surface area (Å²) in [4.78, 5) is 17.8. The lowest BCUT2D eigenvalue weighted by Crippen LogP contribution is -2.34. The van der Waals surface area contributed by atoms with Gasteiger partial charge in [0.05, 0.1) is 0 Å². The molecular formula is C15H22N4O. The number of hydrogen-bond donors (Lipinski definition) is 2. The highest BCUT2D eigenvalue weighted by Crippen LogP contribution is 2.17. The van der Waals surface area contributed by atoms with Crippen molar-refractivity contribution in [2.24, 2.45) is 4.99 Å². The second kappa shape index (κ2) is 6.93. The third kappa shape index (κ3) is 3.50. The minimum Gasteiger partial charge on any atom is -0.359 e. The average Bonchev–Trinajstić information content (AvgIpc) is 2.87. The topological polar surface area (TPSA) is 56.7 Å². The largest absolute Gasteiger partial charge is 0.359 e. The molecule has 0 saturated carbocycles. The van der Waals surface area contributed by atoms with E-state index in [1.807, 2.05) is 24.1 Å². The molecule has 5 heteroatoms. The first kappa shape index (κ1) is 14.4. The molecule has 0 aromatic heterocycles. The van der Waals surface area contributed by atoms with Crippen molar-refractivity contribution in [2.75, 3.05) is 20.6 Å². The van der Waals surface area contributed by atoms with E-state index in [-0.39, 0.29) is 5.91 Å². The molecule has 1 aromatic rings. The summed E-state index contributed by atoms with van der Waals surface area (Å²) in [7, 11) is 3.58. The second-order valence-electron chi connectivity index (χ2n) is 4.86. The van der Waals surface area contributed by atoms with Crippen molar-refractivity contribution in [1.29, 1.82) is 0 Å². The van der Waals surface area contributed by atoms with Crippen LogP contribution in [0.15, 0.2) is 29.3 Å². The number of nitrogens with one attached hydrogen (secondary N) is 2. The van der Waals surface area contributed by atoms with Gasteiger partial charge in [-0.15, -0.1) is 0 Å². The lowest BCUT2D eigenvalue weighted by Gasteiger charge is -2.18. The van der Waals surface area contributed by atoms with E-state index < -0.39 is 0 Å². The highest BCUT2D eigenvalue weighted by Gasteiger charge is 2.20. The van der Waals surface area contributed by atoms with Gasteiger partial charge in [0.15, 0.2) is 5.96 Å². The molecule has 0 aliphatic carbocycles. The Balaban J connectivity index is 2.04. The maximum Gasteiger partial charge on any atom is 0.222 e.